The molecule has 16 heavy (non-hydrogen) atoms. The summed E-state index contributed by atoms with van der Waals surface area (Å²) in [5, 5.41) is 0.113. The summed E-state index contributed by atoms with van der Waals surface area (Å²) in [6.07, 6.45) is 5.33. The number of hydrogen-bond donors (Lipinski definition) is 1. The zero-order valence-corrected chi connectivity index (χ0v) is 10.4. The predicted octanol–water partition coefficient (Wildman–Crippen LogP) is 0.980. The molecule has 5 nitrogen and oxygen atoms in total. The van der Waals surface area contributed by atoms with Gasteiger partial charge in [0.05, 0.1) is 6.33 Å². The fraction of sp³-hybridized carbons (Fsp3) is 0.700. The molecule has 2 rings (SSSR count). The van der Waals surface area contributed by atoms with Gasteiger partial charge in [-0.3, -0.25) is 0 Å². The van der Waals surface area contributed by atoms with Crippen LogP contribution in [0.2, 0.25) is 0 Å². The highest BCUT2D eigenvalue weighted by Gasteiger charge is 2.31. The molecule has 1 atom stereocenters. The summed E-state index contributed by atoms with van der Waals surface area (Å²) >= 11 is 0. The normalized spacial score (nSPS) is 18.6. The van der Waals surface area contributed by atoms with Gasteiger partial charge >= 0.3 is 0 Å². The van der Waals surface area contributed by atoms with Crippen LogP contribution in [0.1, 0.15) is 26.7 Å². The van der Waals surface area contributed by atoms with Gasteiger partial charge in [0.2, 0.25) is 0 Å². The van der Waals surface area contributed by atoms with Crippen molar-refractivity contribution in [3.63, 3.8) is 0 Å². The van der Waals surface area contributed by atoms with Crippen LogP contribution in [-0.4, -0.2) is 24.0 Å². The largest absolute Gasteiger partial charge is 0.336 e. The Hall–Kier alpha value is -0.880. The lowest BCUT2D eigenvalue weighted by Crippen LogP contribution is -2.34. The van der Waals surface area contributed by atoms with Crippen molar-refractivity contribution in [2.45, 2.75) is 44.3 Å². The highest BCUT2D eigenvalue weighted by Crippen LogP contribution is 2.32. The lowest BCUT2D eigenvalue weighted by Gasteiger charge is -2.11. The van der Waals surface area contributed by atoms with E-state index in [0.717, 1.165) is 19.4 Å². The lowest BCUT2D eigenvalue weighted by molar-refractivity contribution is 0.535. The van der Waals surface area contributed by atoms with Crippen LogP contribution in [0.15, 0.2) is 17.6 Å². The summed E-state index contributed by atoms with van der Waals surface area (Å²) in [5.41, 5.74) is 0. The van der Waals surface area contributed by atoms with Gasteiger partial charge in [0.15, 0.2) is 5.03 Å². The van der Waals surface area contributed by atoms with E-state index in [1.165, 1.54) is 6.33 Å². The molecule has 1 heterocycles. The van der Waals surface area contributed by atoms with E-state index in [0.29, 0.717) is 5.92 Å². The number of aryl methyl sites for hydroxylation is 1. The first-order valence-corrected chi connectivity index (χ1v) is 7.05. The summed E-state index contributed by atoms with van der Waals surface area (Å²) in [4.78, 5) is 3.90. The molecule has 6 heteroatoms. The summed E-state index contributed by atoms with van der Waals surface area (Å²) < 4.78 is 28.2. The molecule has 0 saturated heterocycles. The Labute approximate surface area is 95.9 Å². The van der Waals surface area contributed by atoms with Crippen molar-refractivity contribution >= 4 is 10.0 Å². The molecule has 0 unspecified atom stereocenters. The van der Waals surface area contributed by atoms with Crippen LogP contribution in [0.25, 0.3) is 0 Å². The van der Waals surface area contributed by atoms with E-state index in [-0.39, 0.29) is 11.1 Å². The Bertz CT molecular complexity index is 462. The highest BCUT2D eigenvalue weighted by molar-refractivity contribution is 7.89. The van der Waals surface area contributed by atoms with Gasteiger partial charge < -0.3 is 4.57 Å². The molecule has 90 valence electrons. The molecular formula is C10H17N3O2S. The van der Waals surface area contributed by atoms with Crippen LogP contribution in [0.5, 0.6) is 0 Å². The number of rotatable bonds is 5. The Morgan fingerprint density at radius 1 is 1.62 bits per heavy atom. The fourth-order valence-electron chi connectivity index (χ4n) is 1.65. The monoisotopic (exact) mass is 243 g/mol. The molecule has 1 N–H and O–H groups in total. The molecule has 1 aromatic rings. The van der Waals surface area contributed by atoms with Gasteiger partial charge in [-0.1, -0.05) is 0 Å². The van der Waals surface area contributed by atoms with Gasteiger partial charge in [-0.25, -0.2) is 18.1 Å². The van der Waals surface area contributed by atoms with E-state index in [1.54, 1.807) is 10.8 Å². The molecular weight excluding hydrogens is 226 g/mol. The number of nitrogens with one attached hydrogen (secondary N) is 1. The SMILES string of the molecule is CCn1cnc(S(=O)(=O)N[C@H](C)C2CC2)c1. The van der Waals surface area contributed by atoms with Gasteiger partial charge in [-0.05, 0) is 32.6 Å². The molecule has 1 aliphatic carbocycles. The van der Waals surface area contributed by atoms with E-state index >= 15 is 0 Å². The molecule has 1 aromatic heterocycles. The Kier molecular flexibility index (Phi) is 3.03. The number of sulfonamides is 1. The van der Waals surface area contributed by atoms with E-state index < -0.39 is 10.0 Å². The molecule has 0 spiro atoms. The zero-order chi connectivity index (χ0) is 11.8. The minimum atomic E-state index is -3.44. The van der Waals surface area contributed by atoms with Crippen LogP contribution >= 0.6 is 0 Å². The first-order chi connectivity index (χ1) is 7.53. The van der Waals surface area contributed by atoms with Gasteiger partial charge in [0.1, 0.15) is 0 Å². The first-order valence-electron chi connectivity index (χ1n) is 5.57. The minimum absolute atomic E-state index is 0.0109. The third-order valence-electron chi connectivity index (χ3n) is 2.92. The summed E-state index contributed by atoms with van der Waals surface area (Å²) in [5.74, 6) is 0.503. The quantitative estimate of drug-likeness (QED) is 0.838. The number of imidazole rings is 1. The molecule has 1 fully saturated rings. The number of hydrogen-bond acceptors (Lipinski definition) is 3. The second-order valence-electron chi connectivity index (χ2n) is 4.29. The average Bonchev–Trinajstić information content (AvgIpc) is 2.95. The second kappa shape index (κ2) is 4.18. The zero-order valence-electron chi connectivity index (χ0n) is 9.55. The van der Waals surface area contributed by atoms with Crippen molar-refractivity contribution in [3.05, 3.63) is 12.5 Å². The maximum absolute atomic E-state index is 11.9. The summed E-state index contributed by atoms with van der Waals surface area (Å²) in [6.45, 7) is 4.57. The predicted molar refractivity (Wildman–Crippen MR) is 60.4 cm³/mol. The molecule has 0 radical (unpaired) electrons. The van der Waals surface area contributed by atoms with Crippen molar-refractivity contribution in [2.24, 2.45) is 5.92 Å². The second-order valence-corrected chi connectivity index (χ2v) is 5.95. The van der Waals surface area contributed by atoms with Crippen molar-refractivity contribution < 1.29 is 8.42 Å². The van der Waals surface area contributed by atoms with E-state index in [9.17, 15) is 8.42 Å². The Balaban J connectivity index is 2.11. The van der Waals surface area contributed by atoms with Crippen molar-refractivity contribution in [1.82, 2.24) is 14.3 Å². The first kappa shape index (κ1) is 11.6. The van der Waals surface area contributed by atoms with Crippen LogP contribution in [0.3, 0.4) is 0 Å². The summed E-state index contributed by atoms with van der Waals surface area (Å²) in [6, 6.07) is 0.0109. The number of nitrogens with zero attached hydrogens (tertiary/aromatic N) is 2. The highest BCUT2D eigenvalue weighted by atomic mass is 32.2. The fourth-order valence-corrected chi connectivity index (χ4v) is 2.91. The van der Waals surface area contributed by atoms with Crippen LogP contribution < -0.4 is 4.72 Å². The van der Waals surface area contributed by atoms with Crippen LogP contribution in [-0.2, 0) is 16.6 Å². The minimum Gasteiger partial charge on any atom is -0.336 e. The van der Waals surface area contributed by atoms with Crippen molar-refractivity contribution in [2.75, 3.05) is 0 Å². The smallest absolute Gasteiger partial charge is 0.259 e. The average molecular weight is 243 g/mol. The van der Waals surface area contributed by atoms with Gasteiger partial charge in [0.25, 0.3) is 10.0 Å². The van der Waals surface area contributed by atoms with Crippen molar-refractivity contribution in [1.29, 1.82) is 0 Å². The Morgan fingerprint density at radius 3 is 2.81 bits per heavy atom. The third kappa shape index (κ3) is 2.44. The number of aromatic nitrogens is 2. The standard InChI is InChI=1S/C10H17N3O2S/c1-3-13-6-10(11-7-13)16(14,15)12-8(2)9-4-5-9/h6-9,12H,3-5H2,1-2H3/t8-/m1/s1. The maximum Gasteiger partial charge on any atom is 0.259 e. The summed E-state index contributed by atoms with van der Waals surface area (Å²) in [7, 11) is -3.44. The van der Waals surface area contributed by atoms with E-state index in [1.807, 2.05) is 13.8 Å². The third-order valence-corrected chi connectivity index (χ3v) is 4.36. The Morgan fingerprint density at radius 2 is 2.31 bits per heavy atom. The molecule has 0 aromatic carbocycles. The lowest BCUT2D eigenvalue weighted by atomic mass is 10.2. The molecule has 0 aliphatic heterocycles. The van der Waals surface area contributed by atoms with E-state index in [4.69, 9.17) is 0 Å². The van der Waals surface area contributed by atoms with Gasteiger partial charge in [-0.2, -0.15) is 0 Å². The maximum atomic E-state index is 11.9. The molecule has 1 aliphatic rings. The molecule has 0 amide bonds. The van der Waals surface area contributed by atoms with Crippen LogP contribution in [0.4, 0.5) is 0 Å². The van der Waals surface area contributed by atoms with Crippen LogP contribution in [0, 0.1) is 5.92 Å². The van der Waals surface area contributed by atoms with E-state index in [2.05, 4.69) is 9.71 Å². The molecule has 0 bridgehead atoms. The van der Waals surface area contributed by atoms with Crippen molar-refractivity contribution in [3.8, 4) is 0 Å². The van der Waals surface area contributed by atoms with Gasteiger partial charge in [0, 0.05) is 18.8 Å². The topological polar surface area (TPSA) is 64.0 Å². The molecule has 1 saturated carbocycles. The van der Waals surface area contributed by atoms with Gasteiger partial charge in [-0.15, -0.1) is 0 Å².